The van der Waals surface area contributed by atoms with Crippen LogP contribution in [0.1, 0.15) is 37.5 Å². The van der Waals surface area contributed by atoms with Crippen LogP contribution in [-0.2, 0) is 0 Å². The van der Waals surface area contributed by atoms with Crippen LogP contribution in [0.25, 0.3) is 0 Å². The van der Waals surface area contributed by atoms with Gasteiger partial charge in [0.25, 0.3) is 0 Å². The second kappa shape index (κ2) is 9.24. The second-order valence-corrected chi connectivity index (χ2v) is 3.02. The number of nitrogens with zero attached hydrogens (tertiary/aromatic N) is 1. The standard InChI is InChI=1S/C8H19N.2Li.2H/c1-6-9(7(2)3)8(4)5;;;;/h7-8H,6H2,1-5H3;;;;/q;2*+1;2*-1. The average Bonchev–Trinajstić information content (AvgIpc) is 1.64. The molecule has 0 spiro atoms. The summed E-state index contributed by atoms with van der Waals surface area (Å²) in [6, 6.07) is 1.38. The van der Waals surface area contributed by atoms with Crippen LogP contribution in [0.2, 0.25) is 0 Å². The zero-order valence-corrected chi connectivity index (χ0v) is 9.31. The fourth-order valence-electron chi connectivity index (χ4n) is 1.33. The van der Waals surface area contributed by atoms with Gasteiger partial charge in [-0.1, -0.05) is 6.92 Å². The Morgan fingerprint density at radius 2 is 1.27 bits per heavy atom. The van der Waals surface area contributed by atoms with Gasteiger partial charge in [-0.05, 0) is 34.2 Å². The first-order valence-electron chi connectivity index (χ1n) is 3.85. The minimum Gasteiger partial charge on any atom is -1.00 e. The topological polar surface area (TPSA) is 3.24 Å². The third kappa shape index (κ3) is 7.51. The van der Waals surface area contributed by atoms with E-state index in [2.05, 4.69) is 39.5 Å². The monoisotopic (exact) mass is 145 g/mol. The first-order valence-corrected chi connectivity index (χ1v) is 3.85. The van der Waals surface area contributed by atoms with Gasteiger partial charge in [0, 0.05) is 12.1 Å². The molecule has 60 valence electrons. The van der Waals surface area contributed by atoms with Gasteiger partial charge in [-0.25, -0.2) is 0 Å². The minimum atomic E-state index is 0. The Morgan fingerprint density at radius 1 is 1.00 bits per heavy atom. The summed E-state index contributed by atoms with van der Waals surface area (Å²) in [7, 11) is 0. The van der Waals surface area contributed by atoms with Crippen molar-refractivity contribution in [3.63, 3.8) is 0 Å². The fourth-order valence-corrected chi connectivity index (χ4v) is 1.33. The molecule has 0 fully saturated rings. The van der Waals surface area contributed by atoms with Crippen LogP contribution in [0.4, 0.5) is 0 Å². The quantitative estimate of drug-likeness (QED) is 0.370. The van der Waals surface area contributed by atoms with Gasteiger partial charge in [-0.3, -0.25) is 4.90 Å². The van der Waals surface area contributed by atoms with E-state index in [1.54, 1.807) is 0 Å². The number of hydrogen-bond acceptors (Lipinski definition) is 1. The van der Waals surface area contributed by atoms with Gasteiger partial charge in [0.05, 0.1) is 0 Å². The van der Waals surface area contributed by atoms with Crippen molar-refractivity contribution in [3.05, 3.63) is 0 Å². The summed E-state index contributed by atoms with van der Waals surface area (Å²) in [6.45, 7) is 12.3. The minimum absolute atomic E-state index is 0. The van der Waals surface area contributed by atoms with Crippen molar-refractivity contribution in [2.24, 2.45) is 0 Å². The summed E-state index contributed by atoms with van der Waals surface area (Å²) < 4.78 is 0. The summed E-state index contributed by atoms with van der Waals surface area (Å²) in [4.78, 5) is 2.46. The Kier molecular flexibility index (Phi) is 15.2. The fraction of sp³-hybridized carbons (Fsp3) is 1.00. The molecule has 1 nitrogen and oxygen atoms in total. The Labute approximate surface area is 98.6 Å². The molecule has 0 aliphatic rings. The van der Waals surface area contributed by atoms with Gasteiger partial charge >= 0.3 is 37.7 Å². The molecule has 0 aromatic rings. The van der Waals surface area contributed by atoms with Crippen molar-refractivity contribution >= 4 is 0 Å². The smallest absolute Gasteiger partial charge is 1.00 e. The predicted octanol–water partition coefficient (Wildman–Crippen LogP) is -3.64. The van der Waals surface area contributed by atoms with Crippen molar-refractivity contribution in [2.45, 2.75) is 46.7 Å². The van der Waals surface area contributed by atoms with E-state index in [0.29, 0.717) is 12.1 Å². The van der Waals surface area contributed by atoms with Crippen molar-refractivity contribution in [1.82, 2.24) is 4.90 Å². The molecule has 0 rings (SSSR count). The van der Waals surface area contributed by atoms with Crippen LogP contribution in [0, 0.1) is 0 Å². The molecule has 0 aromatic heterocycles. The van der Waals surface area contributed by atoms with E-state index in [1.807, 2.05) is 0 Å². The molecular formula is C8H21Li2N. The van der Waals surface area contributed by atoms with Gasteiger partial charge in [-0.2, -0.15) is 0 Å². The van der Waals surface area contributed by atoms with Crippen LogP contribution in [-0.4, -0.2) is 23.5 Å². The molecule has 0 heterocycles. The Bertz CT molecular complexity index is 74.5. The molecular weight excluding hydrogens is 124 g/mol. The largest absolute Gasteiger partial charge is 1.00 e. The van der Waals surface area contributed by atoms with Crippen LogP contribution in [0.3, 0.4) is 0 Å². The van der Waals surface area contributed by atoms with Crippen LogP contribution >= 0.6 is 0 Å². The van der Waals surface area contributed by atoms with E-state index in [9.17, 15) is 0 Å². The van der Waals surface area contributed by atoms with E-state index >= 15 is 0 Å². The first-order chi connectivity index (χ1) is 4.09. The summed E-state index contributed by atoms with van der Waals surface area (Å²) in [5.41, 5.74) is 0. The summed E-state index contributed by atoms with van der Waals surface area (Å²) in [6.07, 6.45) is 0. The maximum absolute atomic E-state index is 2.46. The first kappa shape index (κ1) is 18.0. The summed E-state index contributed by atoms with van der Waals surface area (Å²) in [5.74, 6) is 0. The van der Waals surface area contributed by atoms with Gasteiger partial charge in [0.1, 0.15) is 0 Å². The van der Waals surface area contributed by atoms with Crippen LogP contribution < -0.4 is 37.7 Å². The van der Waals surface area contributed by atoms with E-state index in [1.165, 1.54) is 0 Å². The van der Waals surface area contributed by atoms with Crippen molar-refractivity contribution in [3.8, 4) is 0 Å². The Hall–Kier alpha value is 1.15. The molecule has 0 aliphatic heterocycles. The van der Waals surface area contributed by atoms with Crippen LogP contribution in [0.5, 0.6) is 0 Å². The molecule has 0 bridgehead atoms. The van der Waals surface area contributed by atoms with Crippen LogP contribution in [0.15, 0.2) is 0 Å². The third-order valence-corrected chi connectivity index (χ3v) is 1.69. The van der Waals surface area contributed by atoms with E-state index in [4.69, 9.17) is 0 Å². The molecule has 0 N–H and O–H groups in total. The molecule has 0 amide bonds. The molecule has 0 aliphatic carbocycles. The van der Waals surface area contributed by atoms with Crippen molar-refractivity contribution < 1.29 is 40.6 Å². The second-order valence-electron chi connectivity index (χ2n) is 3.02. The number of hydrogen-bond donors (Lipinski definition) is 0. The summed E-state index contributed by atoms with van der Waals surface area (Å²) in [5, 5.41) is 0. The van der Waals surface area contributed by atoms with E-state index < -0.39 is 0 Å². The maximum atomic E-state index is 2.46. The predicted molar refractivity (Wildman–Crippen MR) is 44.9 cm³/mol. The van der Waals surface area contributed by atoms with E-state index in [0.717, 1.165) is 6.54 Å². The van der Waals surface area contributed by atoms with Gasteiger partial charge in [-0.15, -0.1) is 0 Å². The van der Waals surface area contributed by atoms with Crippen molar-refractivity contribution in [1.29, 1.82) is 0 Å². The zero-order chi connectivity index (χ0) is 7.44. The SMILES string of the molecule is CCN(C(C)C)C(C)C.[H-].[H-].[Li+].[Li+]. The molecule has 3 heteroatoms. The van der Waals surface area contributed by atoms with Gasteiger partial charge in [0.15, 0.2) is 0 Å². The molecule has 0 atom stereocenters. The molecule has 0 unspecified atom stereocenters. The zero-order valence-electron chi connectivity index (χ0n) is 11.3. The molecule has 0 saturated heterocycles. The molecule has 0 aromatic carbocycles. The average molecular weight is 145 g/mol. The Balaban J connectivity index is -0.0000000533. The number of rotatable bonds is 3. The van der Waals surface area contributed by atoms with Gasteiger partial charge in [0.2, 0.25) is 0 Å². The maximum Gasteiger partial charge on any atom is 1.00 e. The summed E-state index contributed by atoms with van der Waals surface area (Å²) >= 11 is 0. The Morgan fingerprint density at radius 3 is 1.27 bits per heavy atom. The molecule has 0 saturated carbocycles. The van der Waals surface area contributed by atoms with Crippen molar-refractivity contribution in [2.75, 3.05) is 6.54 Å². The normalized spacial score (nSPS) is 9.82. The van der Waals surface area contributed by atoms with Gasteiger partial charge < -0.3 is 2.85 Å². The molecule has 0 radical (unpaired) electrons. The molecule has 11 heavy (non-hydrogen) atoms. The van der Waals surface area contributed by atoms with E-state index in [-0.39, 0.29) is 40.6 Å². The third-order valence-electron chi connectivity index (χ3n) is 1.69.